The Labute approximate surface area is 124 Å². The fourth-order valence-corrected chi connectivity index (χ4v) is 2.60. The first kappa shape index (κ1) is 15.3. The van der Waals surface area contributed by atoms with Gasteiger partial charge in [0, 0.05) is 18.8 Å². The average Bonchev–Trinajstić information content (AvgIpc) is 2.48. The van der Waals surface area contributed by atoms with Crippen molar-refractivity contribution in [1.29, 1.82) is 0 Å². The molecule has 1 saturated heterocycles. The molecule has 1 aromatic heterocycles. The van der Waals surface area contributed by atoms with E-state index in [9.17, 15) is 9.59 Å². The minimum absolute atomic E-state index is 0.114. The number of nitrogens with one attached hydrogen (secondary N) is 1. The molecule has 0 bridgehead atoms. The SMILES string of the molecule is CC1CCCN(C(=O)NCc2cc(C(=O)O)ccn2)C1C. The highest BCUT2D eigenvalue weighted by atomic mass is 16.4. The van der Waals surface area contributed by atoms with Crippen LogP contribution < -0.4 is 5.32 Å². The summed E-state index contributed by atoms with van der Waals surface area (Å²) in [5.41, 5.74) is 0.718. The van der Waals surface area contributed by atoms with E-state index >= 15 is 0 Å². The number of aromatic nitrogens is 1. The van der Waals surface area contributed by atoms with Gasteiger partial charge < -0.3 is 15.3 Å². The number of urea groups is 1. The zero-order valence-electron chi connectivity index (χ0n) is 12.4. The zero-order chi connectivity index (χ0) is 15.4. The van der Waals surface area contributed by atoms with Crippen LogP contribution >= 0.6 is 0 Å². The lowest BCUT2D eigenvalue weighted by molar-refractivity contribution is 0.0696. The van der Waals surface area contributed by atoms with Crippen LogP contribution in [0.1, 0.15) is 42.7 Å². The van der Waals surface area contributed by atoms with Crippen molar-refractivity contribution < 1.29 is 14.7 Å². The monoisotopic (exact) mass is 291 g/mol. The second kappa shape index (κ2) is 6.56. The Balaban J connectivity index is 1.94. The number of carbonyl (C=O) groups excluding carboxylic acids is 1. The molecule has 2 unspecified atom stereocenters. The fraction of sp³-hybridized carbons (Fsp3) is 0.533. The Morgan fingerprint density at radius 2 is 2.24 bits per heavy atom. The summed E-state index contributed by atoms with van der Waals surface area (Å²) in [6, 6.07) is 3.01. The molecular formula is C15H21N3O3. The van der Waals surface area contributed by atoms with Crippen molar-refractivity contribution >= 4 is 12.0 Å². The van der Waals surface area contributed by atoms with Gasteiger partial charge in [0.25, 0.3) is 0 Å². The van der Waals surface area contributed by atoms with E-state index in [-0.39, 0.29) is 24.2 Å². The largest absolute Gasteiger partial charge is 0.478 e. The summed E-state index contributed by atoms with van der Waals surface area (Å²) in [4.78, 5) is 29.0. The predicted molar refractivity (Wildman–Crippen MR) is 78.0 cm³/mol. The summed E-state index contributed by atoms with van der Waals surface area (Å²) < 4.78 is 0. The van der Waals surface area contributed by atoms with Crippen LogP contribution in [0.3, 0.4) is 0 Å². The van der Waals surface area contributed by atoms with Gasteiger partial charge in [0.1, 0.15) is 0 Å². The number of aromatic carboxylic acids is 1. The Kier molecular flexibility index (Phi) is 4.77. The number of carboxylic acid groups (broad SMARTS) is 1. The second-order valence-corrected chi connectivity index (χ2v) is 5.55. The van der Waals surface area contributed by atoms with Crippen molar-refractivity contribution in [2.24, 2.45) is 5.92 Å². The molecule has 114 valence electrons. The first-order valence-corrected chi connectivity index (χ1v) is 7.21. The van der Waals surface area contributed by atoms with E-state index < -0.39 is 5.97 Å². The molecule has 0 aromatic carbocycles. The molecule has 2 amide bonds. The Morgan fingerprint density at radius 1 is 1.48 bits per heavy atom. The van der Waals surface area contributed by atoms with Crippen molar-refractivity contribution in [3.05, 3.63) is 29.6 Å². The van der Waals surface area contributed by atoms with Crippen molar-refractivity contribution in [3.8, 4) is 0 Å². The lowest BCUT2D eigenvalue weighted by atomic mass is 9.92. The standard InChI is InChI=1S/C15H21N3O3/c1-10-4-3-7-18(11(10)2)15(21)17-9-13-8-12(14(19)20)5-6-16-13/h5-6,8,10-11H,3-4,7,9H2,1-2H3,(H,17,21)(H,19,20). The summed E-state index contributed by atoms with van der Waals surface area (Å²) in [6.07, 6.45) is 3.61. The number of rotatable bonds is 3. The summed E-state index contributed by atoms with van der Waals surface area (Å²) >= 11 is 0. The molecule has 2 N–H and O–H groups in total. The molecule has 6 heteroatoms. The third-order valence-corrected chi connectivity index (χ3v) is 4.12. The highest BCUT2D eigenvalue weighted by molar-refractivity contribution is 5.87. The quantitative estimate of drug-likeness (QED) is 0.893. The van der Waals surface area contributed by atoms with Gasteiger partial charge in [-0.2, -0.15) is 0 Å². The van der Waals surface area contributed by atoms with E-state index in [1.165, 1.54) is 18.3 Å². The number of hydrogen-bond donors (Lipinski definition) is 2. The van der Waals surface area contributed by atoms with Crippen LogP contribution in [0.2, 0.25) is 0 Å². The van der Waals surface area contributed by atoms with E-state index in [2.05, 4.69) is 24.1 Å². The average molecular weight is 291 g/mol. The van der Waals surface area contributed by atoms with E-state index in [1.54, 1.807) is 0 Å². The molecule has 2 rings (SSSR count). The number of amides is 2. The van der Waals surface area contributed by atoms with Crippen LogP contribution in [0.4, 0.5) is 4.79 Å². The number of pyridine rings is 1. The number of hydrogen-bond acceptors (Lipinski definition) is 3. The van der Waals surface area contributed by atoms with E-state index in [0.717, 1.165) is 19.4 Å². The van der Waals surface area contributed by atoms with Crippen molar-refractivity contribution in [2.75, 3.05) is 6.54 Å². The first-order chi connectivity index (χ1) is 9.99. The maximum absolute atomic E-state index is 12.2. The van der Waals surface area contributed by atoms with Gasteiger partial charge in [0.15, 0.2) is 0 Å². The minimum atomic E-state index is -0.997. The van der Waals surface area contributed by atoms with E-state index in [4.69, 9.17) is 5.11 Å². The molecule has 1 aliphatic rings. The summed E-state index contributed by atoms with van der Waals surface area (Å²) in [6.45, 7) is 5.21. The summed E-state index contributed by atoms with van der Waals surface area (Å²) in [5.74, 6) is -0.499. The molecule has 2 heterocycles. The van der Waals surface area contributed by atoms with Crippen LogP contribution in [0, 0.1) is 5.92 Å². The van der Waals surface area contributed by atoms with E-state index in [1.807, 2.05) is 4.90 Å². The van der Waals surface area contributed by atoms with Crippen molar-refractivity contribution in [2.45, 2.75) is 39.3 Å². The van der Waals surface area contributed by atoms with Crippen LogP contribution in [-0.4, -0.2) is 39.6 Å². The van der Waals surface area contributed by atoms with Crippen LogP contribution in [0.15, 0.2) is 18.3 Å². The van der Waals surface area contributed by atoms with Gasteiger partial charge in [-0.25, -0.2) is 9.59 Å². The normalized spacial score (nSPS) is 21.9. The van der Waals surface area contributed by atoms with E-state index in [0.29, 0.717) is 11.6 Å². The molecule has 0 spiro atoms. The molecule has 2 atom stereocenters. The molecule has 0 saturated carbocycles. The fourth-order valence-electron chi connectivity index (χ4n) is 2.60. The number of carbonyl (C=O) groups is 2. The Morgan fingerprint density at radius 3 is 2.95 bits per heavy atom. The number of carboxylic acids is 1. The lowest BCUT2D eigenvalue weighted by Crippen LogP contribution is -2.50. The van der Waals surface area contributed by atoms with Crippen molar-refractivity contribution in [1.82, 2.24) is 15.2 Å². The number of nitrogens with zero attached hydrogens (tertiary/aromatic N) is 2. The summed E-state index contributed by atoms with van der Waals surface area (Å²) in [5, 5.41) is 11.7. The van der Waals surface area contributed by atoms with Gasteiger partial charge in [-0.15, -0.1) is 0 Å². The third kappa shape index (κ3) is 3.71. The maximum Gasteiger partial charge on any atom is 0.335 e. The van der Waals surface area contributed by atoms with Gasteiger partial charge in [0.2, 0.25) is 0 Å². The topological polar surface area (TPSA) is 82.5 Å². The molecule has 0 aliphatic carbocycles. The van der Waals surface area contributed by atoms with Crippen LogP contribution in [0.5, 0.6) is 0 Å². The van der Waals surface area contributed by atoms with Crippen LogP contribution in [0.25, 0.3) is 0 Å². The smallest absolute Gasteiger partial charge is 0.335 e. The number of piperidine rings is 1. The first-order valence-electron chi connectivity index (χ1n) is 7.21. The molecule has 1 aromatic rings. The lowest BCUT2D eigenvalue weighted by Gasteiger charge is -2.37. The minimum Gasteiger partial charge on any atom is -0.478 e. The van der Waals surface area contributed by atoms with Gasteiger partial charge in [-0.3, -0.25) is 4.98 Å². The van der Waals surface area contributed by atoms with Crippen LogP contribution in [-0.2, 0) is 6.54 Å². The molecule has 21 heavy (non-hydrogen) atoms. The Bertz CT molecular complexity index is 533. The molecule has 1 fully saturated rings. The molecule has 1 aliphatic heterocycles. The van der Waals surface area contributed by atoms with Gasteiger partial charge in [-0.05, 0) is 37.8 Å². The van der Waals surface area contributed by atoms with Crippen molar-refractivity contribution in [3.63, 3.8) is 0 Å². The Hall–Kier alpha value is -2.11. The molecule has 6 nitrogen and oxygen atoms in total. The summed E-state index contributed by atoms with van der Waals surface area (Å²) in [7, 11) is 0. The number of likely N-dealkylation sites (tertiary alicyclic amines) is 1. The molecular weight excluding hydrogens is 270 g/mol. The van der Waals surface area contributed by atoms with Gasteiger partial charge >= 0.3 is 12.0 Å². The van der Waals surface area contributed by atoms with Gasteiger partial charge in [-0.1, -0.05) is 6.92 Å². The highest BCUT2D eigenvalue weighted by Gasteiger charge is 2.28. The zero-order valence-corrected chi connectivity index (χ0v) is 12.4. The van der Waals surface area contributed by atoms with Gasteiger partial charge in [0.05, 0.1) is 17.8 Å². The predicted octanol–water partition coefficient (Wildman–Crippen LogP) is 2.11. The molecule has 0 radical (unpaired) electrons. The maximum atomic E-state index is 12.2. The second-order valence-electron chi connectivity index (χ2n) is 5.55. The highest BCUT2D eigenvalue weighted by Crippen LogP contribution is 2.22. The third-order valence-electron chi connectivity index (χ3n) is 4.12.